The Labute approximate surface area is 137 Å². The van der Waals surface area contributed by atoms with Gasteiger partial charge >= 0.3 is 0 Å². The largest absolute Gasteiger partial charge is 0.494 e. The first kappa shape index (κ1) is 16.0. The number of H-pyrrole nitrogens is 1. The molecule has 7 heteroatoms. The van der Waals surface area contributed by atoms with Crippen LogP contribution < -0.4 is 10.3 Å². The smallest absolute Gasteiger partial charge is 0.256 e. The number of hydrogen-bond donors (Lipinski definition) is 1. The standard InChI is InChI=1S/C16H18FN3O2S/c1-22-13-5-3-4-10(14(13)17)8-20-7-6-12-11(9-20)15(21)19-16(18-12)23-2/h3-5H,6-9H2,1-2H3,(H,18,19,21). The molecule has 1 aliphatic rings. The van der Waals surface area contributed by atoms with Crippen LogP contribution in [0.15, 0.2) is 28.2 Å². The molecule has 2 heterocycles. The number of ether oxygens (including phenoxy) is 1. The number of thioether (sulfide) groups is 1. The third-order valence-corrected chi connectivity index (χ3v) is 4.56. The Balaban J connectivity index is 1.82. The number of benzene rings is 1. The van der Waals surface area contributed by atoms with Crippen LogP contribution in [0.5, 0.6) is 5.75 Å². The van der Waals surface area contributed by atoms with Gasteiger partial charge in [-0.15, -0.1) is 0 Å². The van der Waals surface area contributed by atoms with Crippen molar-refractivity contribution in [2.24, 2.45) is 0 Å². The van der Waals surface area contributed by atoms with Gasteiger partial charge in [0.2, 0.25) is 0 Å². The Bertz CT molecular complexity index is 778. The molecule has 0 saturated heterocycles. The average Bonchev–Trinajstić information content (AvgIpc) is 2.57. The number of rotatable bonds is 4. The molecule has 0 unspecified atom stereocenters. The van der Waals surface area contributed by atoms with Gasteiger partial charge in [-0.3, -0.25) is 9.69 Å². The van der Waals surface area contributed by atoms with Gasteiger partial charge in [-0.05, 0) is 12.3 Å². The summed E-state index contributed by atoms with van der Waals surface area (Å²) < 4.78 is 19.3. The minimum Gasteiger partial charge on any atom is -0.494 e. The van der Waals surface area contributed by atoms with Crippen LogP contribution in [0.4, 0.5) is 4.39 Å². The van der Waals surface area contributed by atoms with Crippen molar-refractivity contribution in [1.82, 2.24) is 14.9 Å². The predicted octanol–water partition coefficient (Wildman–Crippen LogP) is 2.20. The highest BCUT2D eigenvalue weighted by molar-refractivity contribution is 7.98. The maximum Gasteiger partial charge on any atom is 0.256 e. The molecule has 0 aliphatic carbocycles. The van der Waals surface area contributed by atoms with E-state index in [9.17, 15) is 9.18 Å². The molecule has 0 radical (unpaired) electrons. The summed E-state index contributed by atoms with van der Waals surface area (Å²) in [7, 11) is 1.45. The summed E-state index contributed by atoms with van der Waals surface area (Å²) in [5.74, 6) is -0.102. The molecule has 23 heavy (non-hydrogen) atoms. The molecule has 5 nitrogen and oxygen atoms in total. The first-order chi connectivity index (χ1) is 11.1. The van der Waals surface area contributed by atoms with Crippen LogP contribution in [0.25, 0.3) is 0 Å². The summed E-state index contributed by atoms with van der Waals surface area (Å²) in [5, 5.41) is 0.640. The monoisotopic (exact) mass is 335 g/mol. The molecule has 2 aromatic rings. The van der Waals surface area contributed by atoms with E-state index in [0.717, 1.165) is 12.2 Å². The molecule has 0 saturated carbocycles. The highest BCUT2D eigenvalue weighted by atomic mass is 32.2. The SMILES string of the molecule is COc1cccc(CN2CCc3nc(SC)[nH]c(=O)c3C2)c1F. The summed E-state index contributed by atoms with van der Waals surface area (Å²) in [4.78, 5) is 21.5. The van der Waals surface area contributed by atoms with Crippen LogP contribution in [0.2, 0.25) is 0 Å². The number of methoxy groups -OCH3 is 1. The lowest BCUT2D eigenvalue weighted by atomic mass is 10.1. The third kappa shape index (κ3) is 3.25. The third-order valence-electron chi connectivity index (χ3n) is 3.98. The maximum absolute atomic E-state index is 14.3. The highest BCUT2D eigenvalue weighted by Gasteiger charge is 2.22. The van der Waals surface area contributed by atoms with E-state index in [2.05, 4.69) is 14.9 Å². The van der Waals surface area contributed by atoms with E-state index in [4.69, 9.17) is 4.74 Å². The molecular formula is C16H18FN3O2S. The lowest BCUT2D eigenvalue weighted by Crippen LogP contribution is -2.35. The van der Waals surface area contributed by atoms with Gasteiger partial charge in [0.25, 0.3) is 5.56 Å². The minimum absolute atomic E-state index is 0.102. The van der Waals surface area contributed by atoms with Crippen molar-refractivity contribution < 1.29 is 9.13 Å². The number of aromatic amines is 1. The number of aromatic nitrogens is 2. The molecule has 1 N–H and O–H groups in total. The zero-order chi connectivity index (χ0) is 16.4. The first-order valence-electron chi connectivity index (χ1n) is 7.32. The Morgan fingerprint density at radius 2 is 2.30 bits per heavy atom. The molecule has 3 rings (SSSR count). The van der Waals surface area contributed by atoms with Crippen LogP contribution in [-0.2, 0) is 19.5 Å². The summed E-state index contributed by atoms with van der Waals surface area (Å²) in [6.07, 6.45) is 2.57. The minimum atomic E-state index is -0.342. The van der Waals surface area contributed by atoms with E-state index >= 15 is 0 Å². The van der Waals surface area contributed by atoms with E-state index in [0.29, 0.717) is 35.8 Å². The van der Waals surface area contributed by atoms with Crippen LogP contribution in [0, 0.1) is 5.82 Å². The Kier molecular flexibility index (Phi) is 4.68. The van der Waals surface area contributed by atoms with E-state index in [1.165, 1.54) is 18.9 Å². The number of nitrogens with zero attached hydrogens (tertiary/aromatic N) is 2. The molecule has 0 amide bonds. The summed E-state index contributed by atoms with van der Waals surface area (Å²) in [5.41, 5.74) is 1.99. The predicted molar refractivity (Wildman–Crippen MR) is 87.4 cm³/mol. The number of fused-ring (bicyclic) bond motifs is 1. The molecule has 0 spiro atoms. The van der Waals surface area contributed by atoms with Crippen molar-refractivity contribution in [3.05, 3.63) is 51.2 Å². The van der Waals surface area contributed by atoms with Crippen molar-refractivity contribution in [1.29, 1.82) is 0 Å². The van der Waals surface area contributed by atoms with Crippen LogP contribution >= 0.6 is 11.8 Å². The second-order valence-corrected chi connectivity index (χ2v) is 6.19. The van der Waals surface area contributed by atoms with Crippen molar-refractivity contribution in [2.75, 3.05) is 19.9 Å². The lowest BCUT2D eigenvalue weighted by molar-refractivity contribution is 0.236. The van der Waals surface area contributed by atoms with Crippen LogP contribution in [0.1, 0.15) is 16.8 Å². The van der Waals surface area contributed by atoms with E-state index in [1.807, 2.05) is 6.26 Å². The van der Waals surface area contributed by atoms with Gasteiger partial charge in [-0.1, -0.05) is 23.9 Å². The van der Waals surface area contributed by atoms with Crippen molar-refractivity contribution in [2.45, 2.75) is 24.7 Å². The molecule has 0 atom stereocenters. The van der Waals surface area contributed by atoms with Gasteiger partial charge in [0.15, 0.2) is 16.7 Å². The van der Waals surface area contributed by atoms with Gasteiger partial charge in [0.05, 0.1) is 18.4 Å². The van der Waals surface area contributed by atoms with Gasteiger partial charge in [0, 0.05) is 31.6 Å². The van der Waals surface area contributed by atoms with Gasteiger partial charge in [-0.25, -0.2) is 9.37 Å². The zero-order valence-corrected chi connectivity index (χ0v) is 13.9. The maximum atomic E-state index is 14.3. The zero-order valence-electron chi connectivity index (χ0n) is 13.1. The van der Waals surface area contributed by atoms with E-state index < -0.39 is 0 Å². The van der Waals surface area contributed by atoms with Crippen molar-refractivity contribution >= 4 is 11.8 Å². The molecule has 0 bridgehead atoms. The number of nitrogens with one attached hydrogen (secondary N) is 1. The fourth-order valence-electron chi connectivity index (χ4n) is 2.77. The molecule has 0 fully saturated rings. The number of halogens is 1. The van der Waals surface area contributed by atoms with Gasteiger partial charge in [-0.2, -0.15) is 0 Å². The van der Waals surface area contributed by atoms with E-state index in [-0.39, 0.29) is 17.1 Å². The van der Waals surface area contributed by atoms with Crippen LogP contribution in [0.3, 0.4) is 0 Å². The average molecular weight is 335 g/mol. The quantitative estimate of drug-likeness (QED) is 0.686. The molecule has 122 valence electrons. The normalized spacial score (nSPS) is 14.6. The fourth-order valence-corrected chi connectivity index (χ4v) is 3.16. The molecular weight excluding hydrogens is 317 g/mol. The summed E-state index contributed by atoms with van der Waals surface area (Å²) in [6.45, 7) is 1.66. The summed E-state index contributed by atoms with van der Waals surface area (Å²) >= 11 is 1.42. The van der Waals surface area contributed by atoms with Gasteiger partial charge in [0.1, 0.15) is 0 Å². The summed E-state index contributed by atoms with van der Waals surface area (Å²) in [6, 6.07) is 5.11. The number of hydrogen-bond acceptors (Lipinski definition) is 5. The topological polar surface area (TPSA) is 58.2 Å². The Morgan fingerprint density at radius 3 is 3.04 bits per heavy atom. The van der Waals surface area contributed by atoms with Gasteiger partial charge < -0.3 is 9.72 Å². The van der Waals surface area contributed by atoms with Crippen LogP contribution in [-0.4, -0.2) is 34.8 Å². The Hall–Kier alpha value is -1.86. The second kappa shape index (κ2) is 6.72. The second-order valence-electron chi connectivity index (χ2n) is 5.39. The molecule has 1 aliphatic heterocycles. The molecule has 1 aromatic heterocycles. The first-order valence-corrected chi connectivity index (χ1v) is 8.54. The Morgan fingerprint density at radius 1 is 1.48 bits per heavy atom. The van der Waals surface area contributed by atoms with Crippen molar-refractivity contribution in [3.8, 4) is 5.75 Å². The lowest BCUT2D eigenvalue weighted by Gasteiger charge is -2.27. The molecule has 1 aromatic carbocycles. The highest BCUT2D eigenvalue weighted by Crippen LogP contribution is 2.23. The van der Waals surface area contributed by atoms with E-state index in [1.54, 1.807) is 18.2 Å². The van der Waals surface area contributed by atoms with Crippen molar-refractivity contribution in [3.63, 3.8) is 0 Å². The fraction of sp³-hybridized carbons (Fsp3) is 0.375.